The average molecular weight is 361 g/mol. The van der Waals surface area contributed by atoms with Gasteiger partial charge in [0.2, 0.25) is 5.91 Å². The lowest BCUT2D eigenvalue weighted by Crippen LogP contribution is -2.47. The van der Waals surface area contributed by atoms with Crippen LogP contribution in [-0.2, 0) is 17.8 Å². The molecule has 0 spiro atoms. The lowest BCUT2D eigenvalue weighted by molar-refractivity contribution is -0.126. The van der Waals surface area contributed by atoms with Gasteiger partial charge in [-0.3, -0.25) is 4.79 Å². The van der Waals surface area contributed by atoms with Gasteiger partial charge in [0.15, 0.2) is 11.7 Å². The molecule has 2 unspecified atom stereocenters. The number of aromatic nitrogens is 1. The van der Waals surface area contributed by atoms with E-state index in [-0.39, 0.29) is 17.9 Å². The first-order valence-corrected chi connectivity index (χ1v) is 9.97. The van der Waals surface area contributed by atoms with Crippen molar-refractivity contribution in [3.05, 3.63) is 17.5 Å². The summed E-state index contributed by atoms with van der Waals surface area (Å²) in [5, 5.41) is 13.9. The Morgan fingerprint density at radius 2 is 2.08 bits per heavy atom. The van der Waals surface area contributed by atoms with Crippen molar-refractivity contribution < 1.29 is 9.32 Å². The largest absolute Gasteiger partial charge is 0.359 e. The Kier molecular flexibility index (Phi) is 6.52. The summed E-state index contributed by atoms with van der Waals surface area (Å²) in [4.78, 5) is 17.0. The van der Waals surface area contributed by atoms with Crippen molar-refractivity contribution >= 4 is 11.9 Å². The maximum absolute atomic E-state index is 12.3. The van der Waals surface area contributed by atoms with Crippen LogP contribution in [0.1, 0.15) is 63.8 Å². The predicted molar refractivity (Wildman–Crippen MR) is 101 cm³/mol. The van der Waals surface area contributed by atoms with E-state index < -0.39 is 0 Å². The monoisotopic (exact) mass is 361 g/mol. The highest BCUT2D eigenvalue weighted by molar-refractivity contribution is 5.81. The van der Waals surface area contributed by atoms with E-state index in [0.717, 1.165) is 68.9 Å². The van der Waals surface area contributed by atoms with Crippen LogP contribution in [0.2, 0.25) is 0 Å². The molecule has 2 atom stereocenters. The molecule has 1 aromatic heterocycles. The smallest absolute Gasteiger partial charge is 0.223 e. The van der Waals surface area contributed by atoms with Crippen molar-refractivity contribution in [3.8, 4) is 0 Å². The van der Waals surface area contributed by atoms with E-state index >= 15 is 0 Å². The first-order chi connectivity index (χ1) is 12.7. The Balaban J connectivity index is 1.53. The minimum absolute atomic E-state index is 0.117. The van der Waals surface area contributed by atoms with Crippen LogP contribution in [0.5, 0.6) is 0 Å². The van der Waals surface area contributed by atoms with E-state index in [1.807, 2.05) is 13.0 Å². The van der Waals surface area contributed by atoms with Gasteiger partial charge in [-0.2, -0.15) is 0 Å². The molecule has 26 heavy (non-hydrogen) atoms. The summed E-state index contributed by atoms with van der Waals surface area (Å²) in [6, 6.07) is 2.66. The minimum atomic E-state index is 0.117. The fourth-order valence-electron chi connectivity index (χ4n) is 3.37. The van der Waals surface area contributed by atoms with Gasteiger partial charge >= 0.3 is 0 Å². The molecule has 144 valence electrons. The van der Waals surface area contributed by atoms with E-state index in [1.165, 1.54) is 0 Å². The zero-order valence-corrected chi connectivity index (χ0v) is 15.9. The molecular weight excluding hydrogens is 330 g/mol. The maximum atomic E-state index is 12.3. The number of rotatable bonds is 7. The van der Waals surface area contributed by atoms with Gasteiger partial charge in [0.1, 0.15) is 6.54 Å². The zero-order chi connectivity index (χ0) is 18.4. The van der Waals surface area contributed by atoms with E-state index in [1.54, 1.807) is 0 Å². The number of amides is 1. The number of aliphatic imine (C=N–C) groups is 1. The summed E-state index contributed by atoms with van der Waals surface area (Å²) < 4.78 is 5.30. The number of carbonyl (C=O) groups is 1. The molecule has 7 heteroatoms. The van der Waals surface area contributed by atoms with Crippen molar-refractivity contribution in [1.82, 2.24) is 21.1 Å². The molecule has 0 bridgehead atoms. The lowest BCUT2D eigenvalue weighted by Gasteiger charge is -2.30. The van der Waals surface area contributed by atoms with Crippen molar-refractivity contribution in [2.24, 2.45) is 10.9 Å². The highest BCUT2D eigenvalue weighted by Gasteiger charge is 2.31. The van der Waals surface area contributed by atoms with Gasteiger partial charge in [0.25, 0.3) is 0 Å². The van der Waals surface area contributed by atoms with E-state index in [9.17, 15) is 4.79 Å². The highest BCUT2D eigenvalue weighted by Crippen LogP contribution is 2.26. The maximum Gasteiger partial charge on any atom is 0.223 e. The van der Waals surface area contributed by atoms with Gasteiger partial charge in [-0.1, -0.05) is 18.5 Å². The van der Waals surface area contributed by atoms with Crippen LogP contribution < -0.4 is 16.0 Å². The molecule has 1 aromatic rings. The molecule has 3 rings (SSSR count). The molecule has 0 aromatic carbocycles. The Labute approximate surface area is 155 Å². The summed E-state index contributed by atoms with van der Waals surface area (Å²) in [5.74, 6) is 1.89. The van der Waals surface area contributed by atoms with Gasteiger partial charge < -0.3 is 20.5 Å². The second kappa shape index (κ2) is 9.05. The number of nitrogens with one attached hydrogen (secondary N) is 3. The molecular formula is C19H31N5O2. The summed E-state index contributed by atoms with van der Waals surface area (Å²) >= 11 is 0. The SMILES string of the molecule is CCNC(=NCc1cc(CC)no1)NC1CCCC(C(=O)NC2CC2)C1. The summed E-state index contributed by atoms with van der Waals surface area (Å²) in [5.41, 5.74) is 0.949. The fraction of sp³-hybridized carbons (Fsp3) is 0.737. The molecule has 1 heterocycles. The van der Waals surface area contributed by atoms with E-state index in [0.29, 0.717) is 12.6 Å². The van der Waals surface area contributed by atoms with Gasteiger partial charge in [-0.25, -0.2) is 4.99 Å². The van der Waals surface area contributed by atoms with Crippen molar-refractivity contribution in [2.45, 2.75) is 77.4 Å². The van der Waals surface area contributed by atoms with Crippen molar-refractivity contribution in [3.63, 3.8) is 0 Å². The third kappa shape index (κ3) is 5.47. The summed E-state index contributed by atoms with van der Waals surface area (Å²) in [6.07, 6.45) is 7.13. The summed E-state index contributed by atoms with van der Waals surface area (Å²) in [6.45, 7) is 5.35. The van der Waals surface area contributed by atoms with Crippen LogP contribution in [0.15, 0.2) is 15.6 Å². The summed E-state index contributed by atoms with van der Waals surface area (Å²) in [7, 11) is 0. The molecule has 1 amide bonds. The standard InChI is InChI=1S/C19H31N5O2/c1-3-14-11-17(26-24-14)12-21-19(20-4-2)23-16-7-5-6-13(10-16)18(25)22-15-8-9-15/h11,13,15-16H,3-10,12H2,1-2H3,(H,22,25)(H2,20,21,23). The second-order valence-corrected chi connectivity index (χ2v) is 7.32. The fourth-order valence-corrected chi connectivity index (χ4v) is 3.37. The number of aryl methyl sites for hydroxylation is 1. The molecule has 7 nitrogen and oxygen atoms in total. The molecule has 2 aliphatic carbocycles. The van der Waals surface area contributed by atoms with Crippen molar-refractivity contribution in [2.75, 3.05) is 6.54 Å². The highest BCUT2D eigenvalue weighted by atomic mass is 16.5. The Bertz CT molecular complexity index is 623. The first kappa shape index (κ1) is 18.7. The number of guanidine groups is 1. The van der Waals surface area contributed by atoms with Gasteiger partial charge in [0, 0.05) is 30.6 Å². The average Bonchev–Trinajstić information content (AvgIpc) is 3.34. The third-order valence-electron chi connectivity index (χ3n) is 5.02. The number of hydrogen-bond donors (Lipinski definition) is 3. The normalized spacial score (nSPS) is 23.5. The van der Waals surface area contributed by atoms with Crippen LogP contribution in [0, 0.1) is 5.92 Å². The van der Waals surface area contributed by atoms with Crippen LogP contribution in [0.4, 0.5) is 0 Å². The molecule has 0 saturated heterocycles. The Morgan fingerprint density at radius 1 is 1.23 bits per heavy atom. The minimum Gasteiger partial charge on any atom is -0.359 e. The Hall–Kier alpha value is -2.05. The second-order valence-electron chi connectivity index (χ2n) is 7.32. The number of hydrogen-bond acceptors (Lipinski definition) is 4. The molecule has 2 fully saturated rings. The molecule has 2 saturated carbocycles. The molecule has 0 aliphatic heterocycles. The van der Waals surface area contributed by atoms with Crippen molar-refractivity contribution in [1.29, 1.82) is 0 Å². The van der Waals surface area contributed by atoms with Crippen LogP contribution in [0.25, 0.3) is 0 Å². The predicted octanol–water partition coefficient (Wildman–Crippen LogP) is 2.13. The Morgan fingerprint density at radius 3 is 2.77 bits per heavy atom. The topological polar surface area (TPSA) is 91.6 Å². The molecule has 3 N–H and O–H groups in total. The van der Waals surface area contributed by atoms with Crippen LogP contribution >= 0.6 is 0 Å². The van der Waals surface area contributed by atoms with E-state index in [4.69, 9.17) is 4.52 Å². The van der Waals surface area contributed by atoms with Gasteiger partial charge in [-0.15, -0.1) is 0 Å². The zero-order valence-electron chi connectivity index (χ0n) is 15.9. The van der Waals surface area contributed by atoms with Crippen LogP contribution in [0.3, 0.4) is 0 Å². The molecule has 0 radical (unpaired) electrons. The van der Waals surface area contributed by atoms with E-state index in [2.05, 4.69) is 33.0 Å². The first-order valence-electron chi connectivity index (χ1n) is 9.97. The van der Waals surface area contributed by atoms with Crippen LogP contribution in [-0.4, -0.2) is 35.7 Å². The quantitative estimate of drug-likeness (QED) is 0.511. The van der Waals surface area contributed by atoms with Gasteiger partial charge in [-0.05, 0) is 45.4 Å². The third-order valence-corrected chi connectivity index (χ3v) is 5.02. The number of nitrogens with zero attached hydrogens (tertiary/aromatic N) is 2. The number of carbonyl (C=O) groups excluding carboxylic acids is 1. The van der Waals surface area contributed by atoms with Gasteiger partial charge in [0.05, 0.1) is 5.69 Å². The molecule has 2 aliphatic rings. The lowest BCUT2D eigenvalue weighted by atomic mass is 9.85.